The molecule has 1 aromatic heterocycles. The van der Waals surface area contributed by atoms with E-state index < -0.39 is 20.0 Å². The zero-order valence-corrected chi connectivity index (χ0v) is 20.9. The Morgan fingerprint density at radius 2 is 1.47 bits per heavy atom. The first kappa shape index (κ1) is 23.5. The largest absolute Gasteiger partial charge is 0.342 e. The number of para-hydroxylation sites is 2. The van der Waals surface area contributed by atoms with Crippen molar-refractivity contribution in [3.63, 3.8) is 0 Å². The highest BCUT2D eigenvalue weighted by Crippen LogP contribution is 2.31. The molecule has 182 valence electrons. The minimum absolute atomic E-state index is 0.0461. The lowest BCUT2D eigenvalue weighted by Crippen LogP contribution is -2.41. The second-order valence-electron chi connectivity index (χ2n) is 9.25. The van der Waals surface area contributed by atoms with E-state index in [0.717, 1.165) is 36.1 Å². The Bertz CT molecular complexity index is 1340. The quantitative estimate of drug-likeness (QED) is 0.573. The van der Waals surface area contributed by atoms with Gasteiger partial charge in [-0.15, -0.1) is 0 Å². The van der Waals surface area contributed by atoms with Crippen LogP contribution in [0.3, 0.4) is 0 Å². The third-order valence-electron chi connectivity index (χ3n) is 7.06. The van der Waals surface area contributed by atoms with Gasteiger partial charge in [0.25, 0.3) is 0 Å². The zero-order valence-electron chi connectivity index (χ0n) is 19.2. The number of piperidine rings is 2. The molecule has 0 spiro atoms. The number of benzene rings is 2. The van der Waals surface area contributed by atoms with Gasteiger partial charge in [0.05, 0.1) is 20.8 Å². The van der Waals surface area contributed by atoms with Gasteiger partial charge in [-0.3, -0.25) is 0 Å². The first-order chi connectivity index (χ1) is 16.3. The summed E-state index contributed by atoms with van der Waals surface area (Å²) in [5.41, 5.74) is 1.91. The Balaban J connectivity index is 1.28. The third-order valence-corrected chi connectivity index (χ3v) is 11.0. The average molecular weight is 503 g/mol. The maximum absolute atomic E-state index is 13.2. The highest BCUT2D eigenvalue weighted by molar-refractivity contribution is 7.89. The molecule has 8 nitrogen and oxygen atoms in total. The van der Waals surface area contributed by atoms with E-state index in [-0.39, 0.29) is 21.8 Å². The highest BCUT2D eigenvalue weighted by atomic mass is 32.2. The SMILES string of the molecule is C[C@H]1CCCCN1S(=O)(=O)c1ccc(S(=O)(=O)N2CCC(c3nc4ccccc4[nH]3)CC2)cc1. The van der Waals surface area contributed by atoms with Gasteiger partial charge in [0.1, 0.15) is 5.82 Å². The lowest BCUT2D eigenvalue weighted by atomic mass is 9.97. The fourth-order valence-corrected chi connectivity index (χ4v) is 8.20. The average Bonchev–Trinajstić information content (AvgIpc) is 3.29. The summed E-state index contributed by atoms with van der Waals surface area (Å²) in [5.74, 6) is 1.08. The second-order valence-corrected chi connectivity index (χ2v) is 13.1. The Kier molecular flexibility index (Phi) is 6.26. The minimum Gasteiger partial charge on any atom is -0.342 e. The highest BCUT2D eigenvalue weighted by Gasteiger charge is 2.33. The zero-order chi connectivity index (χ0) is 23.9. The van der Waals surface area contributed by atoms with Crippen molar-refractivity contribution in [2.24, 2.45) is 0 Å². The molecule has 1 N–H and O–H groups in total. The lowest BCUT2D eigenvalue weighted by Gasteiger charge is -2.32. The summed E-state index contributed by atoms with van der Waals surface area (Å²) in [5, 5.41) is 0. The van der Waals surface area contributed by atoms with Crippen molar-refractivity contribution in [1.29, 1.82) is 0 Å². The molecular weight excluding hydrogens is 472 g/mol. The van der Waals surface area contributed by atoms with Gasteiger partial charge < -0.3 is 4.98 Å². The first-order valence-corrected chi connectivity index (χ1v) is 14.7. The van der Waals surface area contributed by atoms with Crippen molar-refractivity contribution in [2.45, 2.75) is 60.8 Å². The Morgan fingerprint density at radius 1 is 0.824 bits per heavy atom. The molecule has 3 aromatic rings. The van der Waals surface area contributed by atoms with Crippen LogP contribution < -0.4 is 0 Å². The van der Waals surface area contributed by atoms with Crippen molar-refractivity contribution >= 4 is 31.1 Å². The molecule has 2 fully saturated rings. The number of fused-ring (bicyclic) bond motifs is 1. The molecule has 2 aliphatic heterocycles. The molecule has 0 radical (unpaired) electrons. The Labute approximate surface area is 201 Å². The number of aromatic amines is 1. The van der Waals surface area contributed by atoms with E-state index >= 15 is 0 Å². The van der Waals surface area contributed by atoms with E-state index in [2.05, 4.69) is 9.97 Å². The van der Waals surface area contributed by atoms with Crippen LogP contribution in [0.25, 0.3) is 11.0 Å². The van der Waals surface area contributed by atoms with Crippen LogP contribution in [0.4, 0.5) is 0 Å². The molecule has 0 bridgehead atoms. The van der Waals surface area contributed by atoms with Gasteiger partial charge in [0, 0.05) is 31.6 Å². The minimum atomic E-state index is -3.70. The fraction of sp³-hybridized carbons (Fsp3) is 0.458. The van der Waals surface area contributed by atoms with Crippen molar-refractivity contribution in [3.8, 4) is 0 Å². The van der Waals surface area contributed by atoms with Crippen molar-refractivity contribution < 1.29 is 16.8 Å². The topological polar surface area (TPSA) is 103 Å². The second kappa shape index (κ2) is 9.07. The van der Waals surface area contributed by atoms with Gasteiger partial charge in [-0.25, -0.2) is 21.8 Å². The van der Waals surface area contributed by atoms with E-state index in [9.17, 15) is 16.8 Å². The monoisotopic (exact) mass is 502 g/mol. The number of nitrogens with zero attached hydrogens (tertiary/aromatic N) is 3. The van der Waals surface area contributed by atoms with Gasteiger partial charge >= 0.3 is 0 Å². The van der Waals surface area contributed by atoms with E-state index in [0.29, 0.717) is 32.5 Å². The summed E-state index contributed by atoms with van der Waals surface area (Å²) in [7, 11) is -7.33. The fourth-order valence-electron chi connectivity index (χ4n) is 5.03. The summed E-state index contributed by atoms with van der Waals surface area (Å²) < 4.78 is 55.6. The predicted molar refractivity (Wildman–Crippen MR) is 130 cm³/mol. The molecular formula is C24H30N4O4S2. The molecule has 2 aliphatic rings. The molecule has 0 aliphatic carbocycles. The predicted octanol–water partition coefficient (Wildman–Crippen LogP) is 3.69. The van der Waals surface area contributed by atoms with Crippen LogP contribution in [0.2, 0.25) is 0 Å². The standard InChI is InChI=1S/C24H30N4O4S2/c1-18-6-4-5-15-28(18)34(31,32)21-11-9-20(10-12-21)33(29,30)27-16-13-19(14-17-27)24-25-22-7-2-3-8-23(22)26-24/h2-3,7-12,18-19H,4-6,13-17H2,1H3,(H,25,26)/t18-/m0/s1. The summed E-state index contributed by atoms with van der Waals surface area (Å²) >= 11 is 0. The molecule has 10 heteroatoms. The summed E-state index contributed by atoms with van der Waals surface area (Å²) in [6, 6.07) is 13.5. The number of hydrogen-bond donors (Lipinski definition) is 1. The summed E-state index contributed by atoms with van der Waals surface area (Å²) in [4.78, 5) is 8.30. The number of hydrogen-bond acceptors (Lipinski definition) is 5. The van der Waals surface area contributed by atoms with E-state index in [1.54, 1.807) is 0 Å². The molecule has 3 heterocycles. The van der Waals surface area contributed by atoms with E-state index in [1.165, 1.54) is 32.9 Å². The van der Waals surface area contributed by atoms with Crippen LogP contribution in [-0.2, 0) is 20.0 Å². The lowest BCUT2D eigenvalue weighted by molar-refractivity contribution is 0.268. The van der Waals surface area contributed by atoms with Crippen LogP contribution in [0.1, 0.15) is 50.8 Å². The van der Waals surface area contributed by atoms with Gasteiger partial charge in [-0.2, -0.15) is 8.61 Å². The number of sulfonamides is 2. The number of H-pyrrole nitrogens is 1. The maximum Gasteiger partial charge on any atom is 0.243 e. The molecule has 5 rings (SSSR count). The molecule has 34 heavy (non-hydrogen) atoms. The van der Waals surface area contributed by atoms with Crippen molar-refractivity contribution in [2.75, 3.05) is 19.6 Å². The van der Waals surface area contributed by atoms with Gasteiger partial charge in [-0.05, 0) is 69.0 Å². The molecule has 2 aromatic carbocycles. The number of aromatic nitrogens is 2. The van der Waals surface area contributed by atoms with Crippen molar-refractivity contribution in [1.82, 2.24) is 18.6 Å². The van der Waals surface area contributed by atoms with Gasteiger partial charge in [0.2, 0.25) is 20.0 Å². The molecule has 1 atom stereocenters. The van der Waals surface area contributed by atoms with E-state index in [1.807, 2.05) is 31.2 Å². The van der Waals surface area contributed by atoms with Crippen LogP contribution in [0, 0.1) is 0 Å². The Morgan fingerprint density at radius 3 is 2.12 bits per heavy atom. The number of nitrogens with one attached hydrogen (secondary N) is 1. The molecule has 0 amide bonds. The number of rotatable bonds is 5. The third kappa shape index (κ3) is 4.28. The molecule has 0 saturated carbocycles. The number of imidazole rings is 1. The summed E-state index contributed by atoms with van der Waals surface area (Å²) in [6.07, 6.45) is 4.07. The molecule has 2 saturated heterocycles. The van der Waals surface area contributed by atoms with Crippen LogP contribution in [-0.4, -0.2) is 61.1 Å². The maximum atomic E-state index is 13.2. The first-order valence-electron chi connectivity index (χ1n) is 11.8. The van der Waals surface area contributed by atoms with Gasteiger partial charge in [0.15, 0.2) is 0 Å². The normalized spacial score (nSPS) is 21.7. The van der Waals surface area contributed by atoms with Crippen LogP contribution >= 0.6 is 0 Å². The smallest absolute Gasteiger partial charge is 0.243 e. The van der Waals surface area contributed by atoms with Gasteiger partial charge in [-0.1, -0.05) is 18.6 Å². The van der Waals surface area contributed by atoms with Crippen LogP contribution in [0.5, 0.6) is 0 Å². The summed E-state index contributed by atoms with van der Waals surface area (Å²) in [6.45, 7) is 3.22. The Hall–Kier alpha value is -2.27. The molecule has 0 unspecified atom stereocenters. The van der Waals surface area contributed by atoms with Crippen LogP contribution in [0.15, 0.2) is 58.3 Å². The van der Waals surface area contributed by atoms with Crippen molar-refractivity contribution in [3.05, 3.63) is 54.4 Å². The van der Waals surface area contributed by atoms with E-state index in [4.69, 9.17) is 0 Å².